The van der Waals surface area contributed by atoms with Crippen molar-refractivity contribution in [2.75, 3.05) is 32.5 Å². The highest BCUT2D eigenvalue weighted by Gasteiger charge is 2.29. The molecule has 0 spiro atoms. The van der Waals surface area contributed by atoms with Gasteiger partial charge in [-0.15, -0.1) is 0 Å². The molecule has 1 aliphatic heterocycles. The van der Waals surface area contributed by atoms with Crippen LogP contribution in [-0.4, -0.2) is 49.4 Å². The maximum atomic E-state index is 13.0. The monoisotopic (exact) mass is 487 g/mol. The molecule has 0 saturated heterocycles. The zero-order valence-electron chi connectivity index (χ0n) is 20.1. The van der Waals surface area contributed by atoms with E-state index in [9.17, 15) is 14.4 Å². The van der Waals surface area contributed by atoms with Gasteiger partial charge in [-0.05, 0) is 64.7 Å². The number of nitrogen functional groups attached to an aromatic ring is 1. The number of hydrogen-bond donors (Lipinski definition) is 4. The van der Waals surface area contributed by atoms with Gasteiger partial charge in [0, 0.05) is 24.2 Å². The number of nitrogens with two attached hydrogens (primary N) is 3. The molecule has 0 bridgehead atoms. The van der Waals surface area contributed by atoms with Crippen molar-refractivity contribution in [3.8, 4) is 16.9 Å². The van der Waals surface area contributed by atoms with Gasteiger partial charge in [0.2, 0.25) is 5.91 Å². The van der Waals surface area contributed by atoms with E-state index in [0.717, 1.165) is 27.5 Å². The molecule has 36 heavy (non-hydrogen) atoms. The van der Waals surface area contributed by atoms with E-state index in [2.05, 4.69) is 11.9 Å². The summed E-state index contributed by atoms with van der Waals surface area (Å²) in [7, 11) is 1.50. The number of nitrogens with zero attached hydrogens (tertiary/aromatic N) is 1. The normalized spacial score (nSPS) is 12.5. The molecule has 4 rings (SSSR count). The average Bonchev–Trinajstić information content (AvgIpc) is 3.19. The average molecular weight is 488 g/mol. The Morgan fingerprint density at radius 1 is 1.14 bits per heavy atom. The van der Waals surface area contributed by atoms with Crippen molar-refractivity contribution in [3.63, 3.8) is 0 Å². The summed E-state index contributed by atoms with van der Waals surface area (Å²) in [5.74, 6) is -0.726. The summed E-state index contributed by atoms with van der Waals surface area (Å²) >= 11 is 0. The Morgan fingerprint density at radius 2 is 1.89 bits per heavy atom. The molecular formula is C27H29N5O4. The number of ether oxygens (including phenoxy) is 1. The van der Waals surface area contributed by atoms with Gasteiger partial charge in [0.15, 0.2) is 0 Å². The molecule has 7 N–H and O–H groups in total. The highest BCUT2D eigenvalue weighted by molar-refractivity contribution is 6.06. The number of nitrogens with one attached hydrogen (secondary N) is 1. The lowest BCUT2D eigenvalue weighted by atomic mass is 9.95. The van der Waals surface area contributed by atoms with Crippen molar-refractivity contribution in [1.29, 1.82) is 0 Å². The van der Waals surface area contributed by atoms with Gasteiger partial charge in [0.05, 0.1) is 24.9 Å². The lowest BCUT2D eigenvalue weighted by Crippen LogP contribution is -2.30. The third kappa shape index (κ3) is 4.60. The van der Waals surface area contributed by atoms with E-state index < -0.39 is 5.91 Å². The highest BCUT2D eigenvalue weighted by atomic mass is 16.5. The van der Waals surface area contributed by atoms with Crippen LogP contribution in [0.5, 0.6) is 5.75 Å². The highest BCUT2D eigenvalue weighted by Crippen LogP contribution is 2.36. The molecule has 0 saturated carbocycles. The Kier molecular flexibility index (Phi) is 6.93. The fraction of sp³-hybridized carbons (Fsp3) is 0.222. The van der Waals surface area contributed by atoms with Gasteiger partial charge >= 0.3 is 0 Å². The van der Waals surface area contributed by atoms with Crippen LogP contribution in [0.1, 0.15) is 32.7 Å². The number of benzene rings is 3. The number of fused-ring (bicyclic) bond motifs is 3. The lowest BCUT2D eigenvalue weighted by molar-refractivity contribution is -0.114. The Labute approximate surface area is 208 Å². The van der Waals surface area contributed by atoms with Gasteiger partial charge in [-0.1, -0.05) is 24.8 Å². The summed E-state index contributed by atoms with van der Waals surface area (Å²) in [6.45, 7) is 4.99. The second kappa shape index (κ2) is 10.1. The Balaban J connectivity index is 1.75. The summed E-state index contributed by atoms with van der Waals surface area (Å²) in [5, 5.41) is 4.69. The number of rotatable bonds is 9. The molecule has 1 heterocycles. The molecule has 0 aromatic heterocycles. The largest absolute Gasteiger partial charge is 0.495 e. The molecule has 1 aliphatic rings. The van der Waals surface area contributed by atoms with E-state index in [1.54, 1.807) is 23.1 Å². The minimum atomic E-state index is -0.633. The van der Waals surface area contributed by atoms with Crippen LogP contribution >= 0.6 is 0 Å². The second-order valence-electron chi connectivity index (χ2n) is 8.69. The number of hydrogen-bond acceptors (Lipinski definition) is 6. The molecule has 0 fully saturated rings. The van der Waals surface area contributed by atoms with Crippen molar-refractivity contribution >= 4 is 34.2 Å². The number of carbonyl (C=O) groups excluding carboxylic acids is 3. The molecule has 186 valence electrons. The van der Waals surface area contributed by atoms with Crippen LogP contribution < -0.4 is 27.3 Å². The van der Waals surface area contributed by atoms with Crippen molar-refractivity contribution < 1.29 is 19.1 Å². The van der Waals surface area contributed by atoms with E-state index in [1.165, 1.54) is 7.11 Å². The maximum Gasteiger partial charge on any atom is 0.254 e. The van der Waals surface area contributed by atoms with E-state index in [-0.39, 0.29) is 29.6 Å². The molecule has 0 aliphatic carbocycles. The quantitative estimate of drug-likeness (QED) is 0.206. The fourth-order valence-corrected chi connectivity index (χ4v) is 4.35. The van der Waals surface area contributed by atoms with Crippen LogP contribution in [0.2, 0.25) is 0 Å². The van der Waals surface area contributed by atoms with Crippen LogP contribution in [0, 0.1) is 0 Å². The third-order valence-electron chi connectivity index (χ3n) is 6.34. The standard InChI is InChI=1S/C27H29N5O4/c1-15(25(30)33)13-32-14-22-19(27(32)35)7-6-16-4-5-17(10-20(16)22)18-11-21(24(29)23(12-18)36-2)26(34)31-9-3-8-28/h4-7,10-12H,1,3,8-9,13-14,28-29H2,2H3,(H2,30,33)(H,31,34). The molecule has 3 aromatic rings. The topological polar surface area (TPSA) is 154 Å². The van der Waals surface area contributed by atoms with Crippen LogP contribution in [0.25, 0.3) is 21.9 Å². The van der Waals surface area contributed by atoms with E-state index in [4.69, 9.17) is 21.9 Å². The van der Waals surface area contributed by atoms with E-state index in [0.29, 0.717) is 42.9 Å². The molecule has 0 radical (unpaired) electrons. The first-order chi connectivity index (χ1) is 17.2. The van der Waals surface area contributed by atoms with Gasteiger partial charge in [0.1, 0.15) is 5.75 Å². The van der Waals surface area contributed by atoms with Gasteiger partial charge in [-0.2, -0.15) is 0 Å². The predicted molar refractivity (Wildman–Crippen MR) is 139 cm³/mol. The smallest absolute Gasteiger partial charge is 0.254 e. The number of methoxy groups -OCH3 is 1. The van der Waals surface area contributed by atoms with Crippen molar-refractivity contribution in [2.24, 2.45) is 11.5 Å². The Morgan fingerprint density at radius 3 is 2.58 bits per heavy atom. The summed E-state index contributed by atoms with van der Waals surface area (Å²) in [6, 6.07) is 13.1. The summed E-state index contributed by atoms with van der Waals surface area (Å²) in [5.41, 5.74) is 20.8. The van der Waals surface area contributed by atoms with Gasteiger partial charge < -0.3 is 32.2 Å². The third-order valence-corrected chi connectivity index (χ3v) is 6.34. The first kappa shape index (κ1) is 24.7. The van der Waals surface area contributed by atoms with E-state index >= 15 is 0 Å². The summed E-state index contributed by atoms with van der Waals surface area (Å²) < 4.78 is 5.45. The zero-order valence-corrected chi connectivity index (χ0v) is 20.1. The summed E-state index contributed by atoms with van der Waals surface area (Å²) in [4.78, 5) is 38.7. The van der Waals surface area contributed by atoms with Crippen molar-refractivity contribution in [2.45, 2.75) is 13.0 Å². The van der Waals surface area contributed by atoms with Crippen LogP contribution in [0.15, 0.2) is 54.6 Å². The maximum absolute atomic E-state index is 13.0. The minimum Gasteiger partial charge on any atom is -0.495 e. The van der Waals surface area contributed by atoms with Crippen molar-refractivity contribution in [3.05, 3.63) is 71.3 Å². The van der Waals surface area contributed by atoms with Crippen LogP contribution in [-0.2, 0) is 11.3 Å². The van der Waals surface area contributed by atoms with Gasteiger partial charge in [-0.3, -0.25) is 14.4 Å². The second-order valence-corrected chi connectivity index (χ2v) is 8.69. The predicted octanol–water partition coefficient (Wildman–Crippen LogP) is 2.17. The summed E-state index contributed by atoms with van der Waals surface area (Å²) in [6.07, 6.45) is 0.654. The lowest BCUT2D eigenvalue weighted by Gasteiger charge is -2.16. The first-order valence-corrected chi connectivity index (χ1v) is 11.5. The molecule has 9 heteroatoms. The Bertz CT molecular complexity index is 1400. The van der Waals surface area contributed by atoms with Crippen LogP contribution in [0.3, 0.4) is 0 Å². The van der Waals surface area contributed by atoms with E-state index in [1.807, 2.05) is 24.3 Å². The first-order valence-electron chi connectivity index (χ1n) is 11.5. The molecular weight excluding hydrogens is 458 g/mol. The van der Waals surface area contributed by atoms with Crippen molar-refractivity contribution in [1.82, 2.24) is 10.2 Å². The minimum absolute atomic E-state index is 0.0712. The Hall–Kier alpha value is -4.37. The number of carbonyl (C=O) groups is 3. The SMILES string of the molecule is C=C(CN1Cc2c(ccc3ccc(-c4cc(OC)c(N)c(C(=O)NCCCN)c4)cc23)C1=O)C(N)=O. The number of amides is 3. The number of primary amides is 1. The fourth-order valence-electron chi connectivity index (χ4n) is 4.35. The number of anilines is 1. The molecule has 3 amide bonds. The zero-order chi connectivity index (χ0) is 26.0. The van der Waals surface area contributed by atoms with Gasteiger partial charge in [0.25, 0.3) is 11.8 Å². The molecule has 3 aromatic carbocycles. The molecule has 9 nitrogen and oxygen atoms in total. The molecule has 0 atom stereocenters. The van der Waals surface area contributed by atoms with Gasteiger partial charge in [-0.25, -0.2) is 0 Å². The molecule has 0 unspecified atom stereocenters. The van der Waals surface area contributed by atoms with Crippen LogP contribution in [0.4, 0.5) is 5.69 Å².